The fourth-order valence-electron chi connectivity index (χ4n) is 4.22. The minimum atomic E-state index is -3.34. The van der Waals surface area contributed by atoms with E-state index in [1.54, 1.807) is 23.3 Å². The first-order chi connectivity index (χ1) is 16.5. The van der Waals surface area contributed by atoms with E-state index >= 15 is 0 Å². The van der Waals surface area contributed by atoms with Crippen molar-refractivity contribution in [2.75, 3.05) is 26.0 Å². The summed E-state index contributed by atoms with van der Waals surface area (Å²) in [4.78, 5) is 4.50. The monoisotopic (exact) mass is 511 g/mol. The SMILES string of the molecule is C[Si](C)(C)CCOCn1ccc2c(-c3cnn(C4(CC#N)CN(S(C)(=O)=O)C4)c3)c(C#N)cnc21. The number of fused-ring (bicyclic) bond motifs is 1. The Labute approximate surface area is 206 Å². The van der Waals surface area contributed by atoms with E-state index in [1.807, 2.05) is 16.8 Å². The molecule has 1 aliphatic rings. The lowest BCUT2D eigenvalue weighted by molar-refractivity contribution is 0.0724. The third-order valence-electron chi connectivity index (χ3n) is 6.31. The van der Waals surface area contributed by atoms with Gasteiger partial charge >= 0.3 is 0 Å². The molecule has 3 aromatic heterocycles. The minimum Gasteiger partial charge on any atom is -0.361 e. The zero-order chi connectivity index (χ0) is 25.4. The van der Waals surface area contributed by atoms with E-state index < -0.39 is 23.6 Å². The van der Waals surface area contributed by atoms with Gasteiger partial charge in [-0.2, -0.15) is 19.9 Å². The van der Waals surface area contributed by atoms with Crippen LogP contribution in [0.5, 0.6) is 0 Å². The highest BCUT2D eigenvalue weighted by atomic mass is 32.2. The Morgan fingerprint density at radius 3 is 2.60 bits per heavy atom. The van der Waals surface area contributed by atoms with Gasteiger partial charge in [0, 0.05) is 62.9 Å². The van der Waals surface area contributed by atoms with Gasteiger partial charge in [0.1, 0.15) is 24.0 Å². The van der Waals surface area contributed by atoms with Gasteiger partial charge in [-0.1, -0.05) is 19.6 Å². The van der Waals surface area contributed by atoms with E-state index in [9.17, 15) is 18.9 Å². The van der Waals surface area contributed by atoms with Crippen molar-refractivity contribution >= 4 is 29.1 Å². The smallest absolute Gasteiger partial charge is 0.211 e. The fourth-order valence-corrected chi connectivity index (χ4v) is 5.93. The van der Waals surface area contributed by atoms with Crippen molar-refractivity contribution in [3.05, 3.63) is 36.4 Å². The molecule has 0 spiro atoms. The molecule has 0 unspecified atom stereocenters. The van der Waals surface area contributed by atoms with E-state index in [4.69, 9.17) is 4.74 Å². The third kappa shape index (κ3) is 5.02. The summed E-state index contributed by atoms with van der Waals surface area (Å²) in [7, 11) is -4.53. The highest BCUT2D eigenvalue weighted by molar-refractivity contribution is 7.88. The van der Waals surface area contributed by atoms with E-state index in [0.717, 1.165) is 17.7 Å². The third-order valence-corrected chi connectivity index (χ3v) is 9.21. The Morgan fingerprint density at radius 2 is 1.97 bits per heavy atom. The van der Waals surface area contributed by atoms with Crippen molar-refractivity contribution in [3.8, 4) is 23.3 Å². The first-order valence-corrected chi connectivity index (χ1v) is 16.9. The van der Waals surface area contributed by atoms with Gasteiger partial charge in [-0.15, -0.1) is 0 Å². The Hall–Kier alpha value is -3.03. The lowest BCUT2D eigenvalue weighted by Gasteiger charge is -2.47. The van der Waals surface area contributed by atoms with Gasteiger partial charge in [-0.3, -0.25) is 4.68 Å². The summed E-state index contributed by atoms with van der Waals surface area (Å²) in [5.74, 6) is 0. The lowest BCUT2D eigenvalue weighted by atomic mass is 9.89. The first-order valence-electron chi connectivity index (χ1n) is 11.3. The maximum Gasteiger partial charge on any atom is 0.211 e. The number of sulfonamides is 1. The van der Waals surface area contributed by atoms with Gasteiger partial charge < -0.3 is 9.30 Å². The van der Waals surface area contributed by atoms with Crippen molar-refractivity contribution in [3.63, 3.8) is 0 Å². The zero-order valence-electron chi connectivity index (χ0n) is 20.4. The topological polar surface area (TPSA) is 130 Å². The molecule has 0 radical (unpaired) electrons. The van der Waals surface area contributed by atoms with Gasteiger partial charge in [0.15, 0.2) is 0 Å². The molecule has 184 valence electrons. The fraction of sp³-hybridized carbons (Fsp3) is 0.478. The number of ether oxygens (including phenoxy) is 1. The summed E-state index contributed by atoms with van der Waals surface area (Å²) in [5, 5.41) is 24.4. The average Bonchev–Trinajstić information content (AvgIpc) is 3.39. The second kappa shape index (κ2) is 9.20. The zero-order valence-corrected chi connectivity index (χ0v) is 22.2. The Bertz CT molecular complexity index is 1430. The molecule has 0 atom stereocenters. The number of pyridine rings is 1. The number of hydrogen-bond donors (Lipinski definition) is 0. The van der Waals surface area contributed by atoms with Crippen LogP contribution in [0.3, 0.4) is 0 Å². The molecule has 1 fully saturated rings. The highest BCUT2D eigenvalue weighted by Crippen LogP contribution is 2.37. The lowest BCUT2D eigenvalue weighted by Crippen LogP contribution is -2.63. The van der Waals surface area contributed by atoms with E-state index in [2.05, 4.69) is 41.9 Å². The summed E-state index contributed by atoms with van der Waals surface area (Å²) in [6.45, 7) is 8.35. The van der Waals surface area contributed by atoms with Crippen LogP contribution in [0.2, 0.25) is 25.7 Å². The molecule has 4 rings (SSSR count). The Balaban J connectivity index is 1.65. The quantitative estimate of drug-likeness (QED) is 0.319. The molecule has 0 aromatic carbocycles. The summed E-state index contributed by atoms with van der Waals surface area (Å²) < 4.78 is 34.6. The van der Waals surface area contributed by atoms with Crippen LogP contribution in [0.1, 0.15) is 12.0 Å². The average molecular weight is 512 g/mol. The van der Waals surface area contributed by atoms with Crippen LogP contribution in [0.25, 0.3) is 22.2 Å². The predicted octanol–water partition coefficient (Wildman–Crippen LogP) is 2.97. The van der Waals surface area contributed by atoms with Crippen molar-refractivity contribution in [1.82, 2.24) is 23.6 Å². The summed E-state index contributed by atoms with van der Waals surface area (Å²) >= 11 is 0. The van der Waals surface area contributed by atoms with Crippen molar-refractivity contribution in [2.24, 2.45) is 0 Å². The number of nitriles is 2. The normalized spacial score (nSPS) is 16.1. The van der Waals surface area contributed by atoms with Gasteiger partial charge in [-0.25, -0.2) is 13.4 Å². The molecule has 3 aromatic rings. The van der Waals surface area contributed by atoms with E-state index in [-0.39, 0.29) is 19.5 Å². The second-order valence-corrected chi connectivity index (χ2v) is 17.9. The summed E-state index contributed by atoms with van der Waals surface area (Å²) in [6.07, 6.45) is 8.17. The van der Waals surface area contributed by atoms with Crippen molar-refractivity contribution in [1.29, 1.82) is 10.5 Å². The molecule has 0 bridgehead atoms. The number of rotatable bonds is 9. The minimum absolute atomic E-state index is 0.127. The molecule has 1 aliphatic heterocycles. The predicted molar refractivity (Wildman–Crippen MR) is 134 cm³/mol. The van der Waals surface area contributed by atoms with Crippen molar-refractivity contribution < 1.29 is 13.2 Å². The van der Waals surface area contributed by atoms with Gasteiger partial charge in [-0.05, 0) is 12.1 Å². The van der Waals surface area contributed by atoms with Crippen LogP contribution >= 0.6 is 0 Å². The molecular formula is C23H29N7O3SSi. The Kier molecular flexibility index (Phi) is 6.59. The van der Waals surface area contributed by atoms with Crippen LogP contribution in [-0.2, 0) is 27.0 Å². The van der Waals surface area contributed by atoms with E-state index in [0.29, 0.717) is 35.7 Å². The second-order valence-electron chi connectivity index (χ2n) is 10.3. The van der Waals surface area contributed by atoms with Crippen LogP contribution in [-0.4, -0.2) is 66.1 Å². The Morgan fingerprint density at radius 1 is 1.23 bits per heavy atom. The number of hydrogen-bond acceptors (Lipinski definition) is 7. The molecule has 12 heteroatoms. The standard InChI is InChI=1S/C23H29N7O3SSi/c1-34(31,32)29-15-23(16-29,6-7-24)30-14-19(13-27-30)21-18(11-25)12-26-22-20(21)5-8-28(22)17-33-9-10-35(2,3)4/h5,8,12-14H,6,9-10,15-17H2,1-4H3. The first kappa shape index (κ1) is 25.1. The number of aromatic nitrogens is 4. The van der Waals surface area contributed by atoms with Crippen molar-refractivity contribution in [2.45, 2.75) is 44.4 Å². The molecule has 0 N–H and O–H groups in total. The van der Waals surface area contributed by atoms with Gasteiger partial charge in [0.2, 0.25) is 10.0 Å². The molecule has 0 amide bonds. The van der Waals surface area contributed by atoms with E-state index in [1.165, 1.54) is 4.31 Å². The van der Waals surface area contributed by atoms with Crippen LogP contribution in [0.15, 0.2) is 30.9 Å². The van der Waals surface area contributed by atoms with Crippen LogP contribution < -0.4 is 0 Å². The molecule has 0 aliphatic carbocycles. The molecular weight excluding hydrogens is 482 g/mol. The largest absolute Gasteiger partial charge is 0.361 e. The van der Waals surface area contributed by atoms with Crippen LogP contribution in [0, 0.1) is 22.7 Å². The number of nitrogens with zero attached hydrogens (tertiary/aromatic N) is 7. The molecule has 1 saturated heterocycles. The molecule has 0 saturated carbocycles. The molecule has 10 nitrogen and oxygen atoms in total. The van der Waals surface area contributed by atoms with Gasteiger partial charge in [0.05, 0.1) is 30.5 Å². The molecule has 4 heterocycles. The van der Waals surface area contributed by atoms with Crippen LogP contribution in [0.4, 0.5) is 0 Å². The summed E-state index contributed by atoms with van der Waals surface area (Å²) in [6, 6.07) is 7.36. The van der Waals surface area contributed by atoms with Gasteiger partial charge in [0.25, 0.3) is 0 Å². The highest BCUT2D eigenvalue weighted by Gasteiger charge is 2.49. The molecule has 35 heavy (non-hydrogen) atoms. The maximum atomic E-state index is 11.9. The summed E-state index contributed by atoms with van der Waals surface area (Å²) in [5.41, 5.74) is 1.80. The maximum absolute atomic E-state index is 11.9.